The van der Waals surface area contributed by atoms with Crippen LogP contribution in [0.25, 0.3) is 0 Å². The Morgan fingerprint density at radius 3 is 2.56 bits per heavy atom. The highest BCUT2D eigenvalue weighted by atomic mass is 32.2. The smallest absolute Gasteiger partial charge is 0.252 e. The van der Waals surface area contributed by atoms with Crippen LogP contribution in [0.4, 0.5) is 0 Å². The molecule has 1 aromatic rings. The van der Waals surface area contributed by atoms with Gasteiger partial charge in [0.15, 0.2) is 0 Å². The second-order valence-electron chi connectivity index (χ2n) is 7.64. The lowest BCUT2D eigenvalue weighted by Crippen LogP contribution is -2.62. The van der Waals surface area contributed by atoms with Crippen LogP contribution in [-0.4, -0.2) is 62.9 Å². The Hall–Kier alpha value is -1.44. The quantitative estimate of drug-likeness (QED) is 0.738. The van der Waals surface area contributed by atoms with Crippen LogP contribution >= 0.6 is 24.0 Å². The van der Waals surface area contributed by atoms with Crippen molar-refractivity contribution in [1.82, 2.24) is 15.1 Å². The van der Waals surface area contributed by atoms with Crippen molar-refractivity contribution in [2.75, 3.05) is 26.2 Å². The number of likely N-dealkylation sites (tertiary alicyclic amines) is 1. The van der Waals surface area contributed by atoms with Gasteiger partial charge in [-0.2, -0.15) is 0 Å². The lowest BCUT2D eigenvalue weighted by atomic mass is 10.0. The van der Waals surface area contributed by atoms with Gasteiger partial charge in [0, 0.05) is 16.9 Å². The van der Waals surface area contributed by atoms with E-state index in [-0.39, 0.29) is 11.8 Å². The predicted molar refractivity (Wildman–Crippen MR) is 114 cm³/mol. The molecule has 0 saturated carbocycles. The molecule has 1 atom stereocenters. The normalized spacial score (nSPS) is 22.9. The maximum absolute atomic E-state index is 13.1. The Bertz CT molecular complexity index is 702. The fourth-order valence-electron chi connectivity index (χ4n) is 3.58. The van der Waals surface area contributed by atoms with Crippen molar-refractivity contribution in [2.45, 2.75) is 43.9 Å². The van der Waals surface area contributed by atoms with Gasteiger partial charge in [0.2, 0.25) is 0 Å². The molecule has 1 N–H and O–H groups in total. The minimum Gasteiger partial charge on any atom is -0.339 e. The van der Waals surface area contributed by atoms with Crippen molar-refractivity contribution in [3.63, 3.8) is 0 Å². The third-order valence-corrected chi connectivity index (χ3v) is 6.77. The molecule has 2 heterocycles. The van der Waals surface area contributed by atoms with Gasteiger partial charge in [0.25, 0.3) is 11.8 Å². The summed E-state index contributed by atoms with van der Waals surface area (Å²) in [7, 11) is 0. The van der Waals surface area contributed by atoms with Crippen LogP contribution < -0.4 is 5.32 Å². The van der Waals surface area contributed by atoms with Crippen molar-refractivity contribution in [3.8, 4) is 0 Å². The molecule has 5 nitrogen and oxygen atoms in total. The fraction of sp³-hybridized carbons (Fsp3) is 0.550. The van der Waals surface area contributed by atoms with Crippen molar-refractivity contribution >= 4 is 40.1 Å². The van der Waals surface area contributed by atoms with Gasteiger partial charge in [-0.25, -0.2) is 0 Å². The number of hydrogen-bond donors (Lipinski definition) is 1. The van der Waals surface area contributed by atoms with Gasteiger partial charge in [0.05, 0.1) is 0 Å². The van der Waals surface area contributed by atoms with Crippen LogP contribution in [0.1, 0.15) is 43.5 Å². The highest BCUT2D eigenvalue weighted by molar-refractivity contribution is 8.24. The molecule has 146 valence electrons. The van der Waals surface area contributed by atoms with Gasteiger partial charge >= 0.3 is 0 Å². The van der Waals surface area contributed by atoms with Gasteiger partial charge in [0.1, 0.15) is 10.4 Å². The van der Waals surface area contributed by atoms with Crippen molar-refractivity contribution in [3.05, 3.63) is 35.9 Å². The predicted octanol–water partition coefficient (Wildman–Crippen LogP) is 2.91. The molecule has 0 radical (unpaired) electrons. The summed E-state index contributed by atoms with van der Waals surface area (Å²) in [5.74, 6) is -0.332. The summed E-state index contributed by atoms with van der Waals surface area (Å²) < 4.78 is 0.126. The van der Waals surface area contributed by atoms with Crippen LogP contribution in [0, 0.1) is 0 Å². The van der Waals surface area contributed by atoms with Crippen molar-refractivity contribution in [2.24, 2.45) is 0 Å². The van der Waals surface area contributed by atoms with E-state index in [9.17, 15) is 9.59 Å². The molecule has 0 spiro atoms. The Morgan fingerprint density at radius 1 is 1.22 bits per heavy atom. The summed E-state index contributed by atoms with van der Waals surface area (Å²) in [5, 5.41) is 2.94. The van der Waals surface area contributed by atoms with E-state index in [0.717, 1.165) is 26.1 Å². The second kappa shape index (κ2) is 8.71. The number of carbonyl (C=O) groups excluding carboxylic acids is 2. The SMILES string of the molecule is CC1(C)SC(=S)N(CCCN2CCCC2)C(=O)C1NC(=O)c1ccccc1. The molecule has 2 amide bonds. The number of benzene rings is 1. The molecule has 3 rings (SSSR count). The minimum absolute atomic E-state index is 0.102. The van der Waals surface area contributed by atoms with Crippen LogP contribution in [-0.2, 0) is 4.79 Å². The summed E-state index contributed by atoms with van der Waals surface area (Å²) in [5.41, 5.74) is 0.555. The largest absolute Gasteiger partial charge is 0.339 e. The maximum atomic E-state index is 13.1. The molecular weight excluding hydrogens is 378 g/mol. The monoisotopic (exact) mass is 405 g/mol. The number of amides is 2. The first-order chi connectivity index (χ1) is 12.9. The van der Waals surface area contributed by atoms with E-state index in [2.05, 4.69) is 10.2 Å². The molecular formula is C20H27N3O2S2. The molecule has 1 unspecified atom stereocenters. The zero-order valence-electron chi connectivity index (χ0n) is 15.9. The molecule has 2 saturated heterocycles. The lowest BCUT2D eigenvalue weighted by Gasteiger charge is -2.42. The van der Waals surface area contributed by atoms with Crippen molar-refractivity contribution < 1.29 is 9.59 Å². The number of nitrogens with zero attached hydrogens (tertiary/aromatic N) is 2. The summed E-state index contributed by atoms with van der Waals surface area (Å²) in [6.07, 6.45) is 3.42. The molecule has 2 fully saturated rings. The highest BCUT2D eigenvalue weighted by Gasteiger charge is 2.46. The van der Waals surface area contributed by atoms with Gasteiger partial charge in [-0.05, 0) is 64.9 Å². The fourth-order valence-corrected chi connectivity index (χ4v) is 5.43. The first-order valence-electron chi connectivity index (χ1n) is 9.51. The minimum atomic E-state index is -0.603. The van der Waals surface area contributed by atoms with E-state index in [1.807, 2.05) is 32.0 Å². The first kappa shape index (κ1) is 20.3. The maximum Gasteiger partial charge on any atom is 0.252 e. The Labute approximate surface area is 170 Å². The summed E-state index contributed by atoms with van der Waals surface area (Å²) >= 11 is 6.99. The van der Waals surface area contributed by atoms with Crippen LogP contribution in [0.2, 0.25) is 0 Å². The Kier molecular flexibility index (Phi) is 6.55. The summed E-state index contributed by atoms with van der Waals surface area (Å²) in [6.45, 7) is 7.81. The van der Waals surface area contributed by atoms with Gasteiger partial charge in [-0.1, -0.05) is 42.2 Å². The molecule has 2 aliphatic rings. The van der Waals surface area contributed by atoms with E-state index in [4.69, 9.17) is 12.2 Å². The molecule has 0 aliphatic carbocycles. The van der Waals surface area contributed by atoms with Crippen molar-refractivity contribution in [1.29, 1.82) is 0 Å². The zero-order valence-corrected chi connectivity index (χ0v) is 17.6. The summed E-state index contributed by atoms with van der Waals surface area (Å²) in [4.78, 5) is 29.8. The van der Waals surface area contributed by atoms with E-state index in [1.54, 1.807) is 17.0 Å². The topological polar surface area (TPSA) is 52.6 Å². The molecule has 27 heavy (non-hydrogen) atoms. The van der Waals surface area contributed by atoms with E-state index < -0.39 is 10.8 Å². The van der Waals surface area contributed by atoms with Crippen LogP contribution in [0.15, 0.2) is 30.3 Å². The van der Waals surface area contributed by atoms with Gasteiger partial charge < -0.3 is 10.2 Å². The summed E-state index contributed by atoms with van der Waals surface area (Å²) in [6, 6.07) is 8.40. The average molecular weight is 406 g/mol. The number of hydrogen-bond acceptors (Lipinski definition) is 5. The van der Waals surface area contributed by atoms with E-state index in [1.165, 1.54) is 24.6 Å². The molecule has 0 aromatic heterocycles. The Balaban J connectivity index is 1.65. The van der Waals surface area contributed by atoms with Gasteiger partial charge in [-0.15, -0.1) is 0 Å². The number of carbonyl (C=O) groups is 2. The lowest BCUT2D eigenvalue weighted by molar-refractivity contribution is -0.130. The average Bonchev–Trinajstić information content (AvgIpc) is 3.15. The van der Waals surface area contributed by atoms with Gasteiger partial charge in [-0.3, -0.25) is 14.5 Å². The van der Waals surface area contributed by atoms with E-state index in [0.29, 0.717) is 16.4 Å². The number of thiocarbonyl (C=S) groups is 1. The second-order valence-corrected chi connectivity index (χ2v) is 9.92. The molecule has 2 aliphatic heterocycles. The van der Waals surface area contributed by atoms with E-state index >= 15 is 0 Å². The third-order valence-electron chi connectivity index (χ3n) is 5.15. The molecule has 0 bridgehead atoms. The molecule has 7 heteroatoms. The zero-order chi connectivity index (χ0) is 19.4. The van der Waals surface area contributed by atoms with Crippen LogP contribution in [0.5, 0.6) is 0 Å². The standard InChI is InChI=1S/C20H27N3O2S2/c1-20(2)16(21-17(24)15-9-4-3-5-10-15)18(25)23(19(26)27-20)14-8-13-22-11-6-7-12-22/h3-5,9-10,16H,6-8,11-14H2,1-2H3,(H,21,24). The molecule has 1 aromatic carbocycles. The first-order valence-corrected chi connectivity index (χ1v) is 10.7. The number of rotatable bonds is 6. The van der Waals surface area contributed by atoms with Crippen LogP contribution in [0.3, 0.4) is 0 Å². The Morgan fingerprint density at radius 2 is 1.89 bits per heavy atom. The third kappa shape index (κ3) is 4.89. The number of nitrogens with one attached hydrogen (secondary N) is 1. The number of thioether (sulfide) groups is 1. The highest BCUT2D eigenvalue weighted by Crippen LogP contribution is 2.36.